The van der Waals surface area contributed by atoms with Gasteiger partial charge in [0.15, 0.2) is 0 Å². The van der Waals surface area contributed by atoms with Crippen LogP contribution < -0.4 is 5.73 Å². The van der Waals surface area contributed by atoms with Gasteiger partial charge in [-0.05, 0) is 23.8 Å². The molecule has 0 radical (unpaired) electrons. The molecule has 0 fully saturated rings. The average molecular weight is 253 g/mol. The number of methoxy groups -OCH3 is 1. The van der Waals surface area contributed by atoms with E-state index >= 15 is 0 Å². The maximum absolute atomic E-state index is 9.04. The van der Waals surface area contributed by atoms with Crippen molar-refractivity contribution in [1.29, 1.82) is 0 Å². The van der Waals surface area contributed by atoms with Crippen LogP contribution in [0, 0.1) is 0 Å². The van der Waals surface area contributed by atoms with Gasteiger partial charge in [0.25, 0.3) is 0 Å². The van der Waals surface area contributed by atoms with Gasteiger partial charge in [-0.15, -0.1) is 11.3 Å². The Kier molecular flexibility index (Phi) is 3.88. The number of anilines is 1. The Labute approximate surface area is 103 Å². The first-order valence-electron chi connectivity index (χ1n) is 5.36. The molecule has 92 valence electrons. The van der Waals surface area contributed by atoms with Crippen molar-refractivity contribution >= 4 is 27.4 Å². The summed E-state index contributed by atoms with van der Waals surface area (Å²) in [5.41, 5.74) is 7.82. The maximum Gasteiger partial charge on any atom is 0.144 e. The monoisotopic (exact) mass is 253 g/mol. The molecule has 0 spiro atoms. The molecular weight excluding hydrogens is 238 g/mol. The highest BCUT2D eigenvalue weighted by atomic mass is 32.1. The molecule has 0 saturated heterocycles. The minimum atomic E-state index is -0.121. The Hall–Kier alpha value is -1.24. The van der Waals surface area contributed by atoms with E-state index in [0.29, 0.717) is 5.82 Å². The number of thiophene rings is 1. The zero-order valence-electron chi connectivity index (χ0n) is 9.59. The third kappa shape index (κ3) is 2.54. The van der Waals surface area contributed by atoms with Crippen LogP contribution in [0.5, 0.6) is 0 Å². The third-order valence-corrected chi connectivity index (χ3v) is 3.77. The number of fused-ring (bicyclic) bond motifs is 1. The third-order valence-electron chi connectivity index (χ3n) is 2.73. The van der Waals surface area contributed by atoms with Gasteiger partial charge in [-0.2, -0.15) is 0 Å². The summed E-state index contributed by atoms with van der Waals surface area (Å²) in [5.74, 6) is 0.525. The Morgan fingerprint density at radius 2 is 2.35 bits per heavy atom. The van der Waals surface area contributed by atoms with E-state index in [1.54, 1.807) is 18.4 Å². The lowest BCUT2D eigenvalue weighted by molar-refractivity contribution is 0.0436. The number of aliphatic hydroxyl groups excluding tert-OH is 1. The number of nitrogen functional groups attached to an aromatic ring is 1. The van der Waals surface area contributed by atoms with E-state index in [0.717, 1.165) is 28.6 Å². The molecule has 5 nitrogen and oxygen atoms in total. The maximum atomic E-state index is 9.04. The Bertz CT molecular complexity index is 496. The molecule has 2 rings (SSSR count). The Balaban J connectivity index is 2.17. The lowest BCUT2D eigenvalue weighted by Crippen LogP contribution is -2.16. The summed E-state index contributed by atoms with van der Waals surface area (Å²) in [6.45, 7) is 0.0374. The van der Waals surface area contributed by atoms with Crippen LogP contribution in [0.1, 0.15) is 12.0 Å². The highest BCUT2D eigenvalue weighted by Gasteiger charge is 2.11. The summed E-state index contributed by atoms with van der Waals surface area (Å²) in [5, 5.41) is 11.1. The number of aliphatic hydroxyl groups is 1. The summed E-state index contributed by atoms with van der Waals surface area (Å²) in [6, 6.07) is 0. The molecule has 0 aromatic carbocycles. The fourth-order valence-electron chi connectivity index (χ4n) is 1.70. The van der Waals surface area contributed by atoms with E-state index in [1.807, 2.05) is 5.38 Å². The van der Waals surface area contributed by atoms with Crippen molar-refractivity contribution in [2.75, 3.05) is 19.5 Å². The van der Waals surface area contributed by atoms with Crippen molar-refractivity contribution in [3.05, 3.63) is 17.3 Å². The zero-order chi connectivity index (χ0) is 12.3. The first-order valence-corrected chi connectivity index (χ1v) is 6.24. The average Bonchev–Trinajstić information content (AvgIpc) is 2.75. The van der Waals surface area contributed by atoms with E-state index in [4.69, 9.17) is 15.6 Å². The number of nitrogens with two attached hydrogens (primary N) is 1. The molecule has 2 aromatic heterocycles. The number of rotatable bonds is 5. The summed E-state index contributed by atoms with van der Waals surface area (Å²) >= 11 is 1.55. The van der Waals surface area contributed by atoms with Gasteiger partial charge in [-0.3, -0.25) is 0 Å². The molecule has 0 aliphatic rings. The van der Waals surface area contributed by atoms with Gasteiger partial charge in [0.1, 0.15) is 12.1 Å². The number of hydrogen-bond donors (Lipinski definition) is 2. The van der Waals surface area contributed by atoms with Gasteiger partial charge in [0.05, 0.1) is 22.9 Å². The van der Waals surface area contributed by atoms with Crippen molar-refractivity contribution in [2.45, 2.75) is 18.9 Å². The molecule has 0 bridgehead atoms. The summed E-state index contributed by atoms with van der Waals surface area (Å²) in [4.78, 5) is 8.21. The molecule has 17 heavy (non-hydrogen) atoms. The van der Waals surface area contributed by atoms with Crippen LogP contribution >= 0.6 is 11.3 Å². The first-order chi connectivity index (χ1) is 8.26. The Morgan fingerprint density at radius 1 is 1.53 bits per heavy atom. The van der Waals surface area contributed by atoms with E-state index in [-0.39, 0.29) is 12.7 Å². The number of nitrogens with zero attached hydrogens (tertiary/aromatic N) is 2. The van der Waals surface area contributed by atoms with E-state index in [1.165, 1.54) is 6.33 Å². The second-order valence-electron chi connectivity index (χ2n) is 3.78. The van der Waals surface area contributed by atoms with Crippen molar-refractivity contribution < 1.29 is 9.84 Å². The number of aryl methyl sites for hydroxylation is 1. The SMILES string of the molecule is COC(CO)CCc1csc2c(N)ncnc12. The van der Waals surface area contributed by atoms with Gasteiger partial charge in [0, 0.05) is 7.11 Å². The minimum absolute atomic E-state index is 0.0374. The molecule has 2 aromatic rings. The number of hydrogen-bond acceptors (Lipinski definition) is 6. The van der Waals surface area contributed by atoms with Crippen molar-refractivity contribution in [2.24, 2.45) is 0 Å². The molecule has 0 aliphatic carbocycles. The van der Waals surface area contributed by atoms with Crippen LogP contribution in [0.3, 0.4) is 0 Å². The van der Waals surface area contributed by atoms with Gasteiger partial charge in [0.2, 0.25) is 0 Å². The van der Waals surface area contributed by atoms with Crippen molar-refractivity contribution in [3.8, 4) is 0 Å². The molecule has 0 aliphatic heterocycles. The van der Waals surface area contributed by atoms with Crippen LogP contribution in [-0.4, -0.2) is 34.9 Å². The molecular formula is C11H15N3O2S. The Morgan fingerprint density at radius 3 is 3.06 bits per heavy atom. The molecule has 1 unspecified atom stereocenters. The molecule has 2 heterocycles. The fraction of sp³-hybridized carbons (Fsp3) is 0.455. The predicted molar refractivity (Wildman–Crippen MR) is 68.0 cm³/mol. The normalized spacial score (nSPS) is 13.1. The lowest BCUT2D eigenvalue weighted by atomic mass is 10.1. The zero-order valence-corrected chi connectivity index (χ0v) is 10.4. The standard InChI is InChI=1S/C11H15N3O2S/c1-16-8(4-15)3-2-7-5-17-10-9(7)13-6-14-11(10)12/h5-6,8,15H,2-4H2,1H3,(H2,12,13,14). The molecule has 1 atom stereocenters. The topological polar surface area (TPSA) is 81.3 Å². The predicted octanol–water partition coefficient (Wildman–Crippen LogP) is 1.21. The quantitative estimate of drug-likeness (QED) is 0.837. The first kappa shape index (κ1) is 12.2. The second-order valence-corrected chi connectivity index (χ2v) is 4.66. The lowest BCUT2D eigenvalue weighted by Gasteiger charge is -2.10. The van der Waals surface area contributed by atoms with Gasteiger partial charge in [-0.25, -0.2) is 9.97 Å². The van der Waals surface area contributed by atoms with Crippen LogP contribution in [0.2, 0.25) is 0 Å². The molecule has 0 saturated carbocycles. The summed E-state index contributed by atoms with van der Waals surface area (Å²) < 4.78 is 6.06. The van der Waals surface area contributed by atoms with E-state index in [9.17, 15) is 0 Å². The van der Waals surface area contributed by atoms with Crippen LogP contribution in [0.25, 0.3) is 10.2 Å². The largest absolute Gasteiger partial charge is 0.394 e. The van der Waals surface area contributed by atoms with Crippen LogP contribution in [-0.2, 0) is 11.2 Å². The van der Waals surface area contributed by atoms with Gasteiger partial charge < -0.3 is 15.6 Å². The van der Waals surface area contributed by atoms with E-state index < -0.39 is 0 Å². The van der Waals surface area contributed by atoms with Gasteiger partial charge >= 0.3 is 0 Å². The second kappa shape index (κ2) is 5.39. The fourth-order valence-corrected chi connectivity index (χ4v) is 2.65. The van der Waals surface area contributed by atoms with Gasteiger partial charge in [-0.1, -0.05) is 0 Å². The molecule has 0 amide bonds. The minimum Gasteiger partial charge on any atom is -0.394 e. The number of aromatic nitrogens is 2. The molecule has 6 heteroatoms. The van der Waals surface area contributed by atoms with Crippen molar-refractivity contribution in [1.82, 2.24) is 9.97 Å². The van der Waals surface area contributed by atoms with E-state index in [2.05, 4.69) is 9.97 Å². The number of ether oxygens (including phenoxy) is 1. The highest BCUT2D eigenvalue weighted by Crippen LogP contribution is 2.28. The summed E-state index contributed by atoms with van der Waals surface area (Å²) in [7, 11) is 1.60. The summed E-state index contributed by atoms with van der Waals surface area (Å²) in [6.07, 6.45) is 2.94. The smallest absolute Gasteiger partial charge is 0.144 e. The van der Waals surface area contributed by atoms with Crippen LogP contribution in [0.15, 0.2) is 11.7 Å². The van der Waals surface area contributed by atoms with Crippen LogP contribution in [0.4, 0.5) is 5.82 Å². The highest BCUT2D eigenvalue weighted by molar-refractivity contribution is 7.17. The molecule has 3 N–H and O–H groups in total. The van der Waals surface area contributed by atoms with Crippen molar-refractivity contribution in [3.63, 3.8) is 0 Å².